The number of nitrogens with zero attached hydrogens (tertiary/aromatic N) is 4. The second-order valence-corrected chi connectivity index (χ2v) is 6.18. The second kappa shape index (κ2) is 6.97. The summed E-state index contributed by atoms with van der Waals surface area (Å²) in [6.07, 6.45) is 1.78. The summed E-state index contributed by atoms with van der Waals surface area (Å²) in [5.41, 5.74) is 3.40. The van der Waals surface area contributed by atoms with Crippen LogP contribution in [0.1, 0.15) is 16.8 Å². The van der Waals surface area contributed by atoms with Gasteiger partial charge in [0, 0.05) is 10.6 Å². The van der Waals surface area contributed by atoms with E-state index in [2.05, 4.69) is 20.8 Å². The first kappa shape index (κ1) is 16.3. The van der Waals surface area contributed by atoms with Crippen LogP contribution in [0.15, 0.2) is 59.9 Å². The molecule has 2 aromatic carbocycles. The molecule has 7 nitrogen and oxygen atoms in total. The zero-order chi connectivity index (χ0) is 17.9. The fourth-order valence-corrected chi connectivity index (χ4v) is 2.74. The van der Waals surface area contributed by atoms with Crippen LogP contribution in [0.4, 0.5) is 5.69 Å². The number of amides is 1. The molecule has 2 heterocycles. The van der Waals surface area contributed by atoms with Gasteiger partial charge in [0.05, 0.1) is 18.4 Å². The summed E-state index contributed by atoms with van der Waals surface area (Å²) < 4.78 is 1.70. The van der Waals surface area contributed by atoms with Gasteiger partial charge in [0.15, 0.2) is 12.3 Å². The standard InChI is InChI=1S/C18H14ClN5O2/c19-13-7-5-12(6-8-13)9-24-10-14(21-23-24)11-26-22-17-15-3-1-2-4-16(15)20-18(17)25/h1-8,10H,9,11H2,(H,20,22,25). The maximum atomic E-state index is 11.9. The number of hydrogen-bond acceptors (Lipinski definition) is 5. The van der Waals surface area contributed by atoms with Crippen molar-refractivity contribution in [3.8, 4) is 0 Å². The highest BCUT2D eigenvalue weighted by molar-refractivity contribution is 6.53. The maximum absolute atomic E-state index is 11.9. The van der Waals surface area contributed by atoms with Gasteiger partial charge in [-0.2, -0.15) is 0 Å². The molecule has 0 saturated carbocycles. The Morgan fingerprint density at radius 1 is 1.15 bits per heavy atom. The summed E-state index contributed by atoms with van der Waals surface area (Å²) >= 11 is 5.88. The number of carbonyl (C=O) groups is 1. The summed E-state index contributed by atoms with van der Waals surface area (Å²) in [6, 6.07) is 14.9. The number of aromatic nitrogens is 3. The number of para-hydroxylation sites is 1. The number of hydrogen-bond donors (Lipinski definition) is 1. The number of fused-ring (bicyclic) bond motifs is 1. The quantitative estimate of drug-likeness (QED) is 0.703. The van der Waals surface area contributed by atoms with Gasteiger partial charge in [-0.15, -0.1) is 5.10 Å². The Kier molecular flexibility index (Phi) is 4.37. The third-order valence-electron chi connectivity index (χ3n) is 3.86. The minimum Gasteiger partial charge on any atom is -0.388 e. The lowest BCUT2D eigenvalue weighted by Gasteiger charge is -2.00. The molecule has 0 spiro atoms. The van der Waals surface area contributed by atoms with Gasteiger partial charge in [-0.25, -0.2) is 4.68 Å². The summed E-state index contributed by atoms with van der Waals surface area (Å²) in [5, 5.41) is 15.5. The van der Waals surface area contributed by atoms with Gasteiger partial charge < -0.3 is 10.2 Å². The number of nitrogens with one attached hydrogen (secondary N) is 1. The molecule has 130 valence electrons. The van der Waals surface area contributed by atoms with E-state index in [0.717, 1.165) is 16.8 Å². The van der Waals surface area contributed by atoms with Gasteiger partial charge in [0.2, 0.25) is 0 Å². The molecule has 0 fully saturated rings. The van der Waals surface area contributed by atoms with Gasteiger partial charge in [-0.3, -0.25) is 4.79 Å². The molecule has 0 bridgehead atoms. The third-order valence-corrected chi connectivity index (χ3v) is 4.11. The Hall–Kier alpha value is -3.19. The van der Waals surface area contributed by atoms with Crippen LogP contribution in [-0.4, -0.2) is 26.6 Å². The summed E-state index contributed by atoms with van der Waals surface area (Å²) in [7, 11) is 0. The van der Waals surface area contributed by atoms with Crippen LogP contribution >= 0.6 is 11.6 Å². The van der Waals surface area contributed by atoms with Crippen molar-refractivity contribution in [3.05, 3.63) is 76.6 Å². The Bertz CT molecular complexity index is 981. The van der Waals surface area contributed by atoms with Crippen molar-refractivity contribution < 1.29 is 9.63 Å². The van der Waals surface area contributed by atoms with Crippen LogP contribution < -0.4 is 5.32 Å². The lowest BCUT2D eigenvalue weighted by Crippen LogP contribution is -2.14. The minimum absolute atomic E-state index is 0.125. The van der Waals surface area contributed by atoms with Crippen molar-refractivity contribution in [2.24, 2.45) is 5.16 Å². The first-order valence-electron chi connectivity index (χ1n) is 7.93. The van der Waals surface area contributed by atoms with Crippen LogP contribution in [0.3, 0.4) is 0 Å². The topological polar surface area (TPSA) is 81.4 Å². The Balaban J connectivity index is 1.39. The smallest absolute Gasteiger partial charge is 0.278 e. The summed E-state index contributed by atoms with van der Waals surface area (Å²) in [6.45, 7) is 0.702. The number of benzene rings is 2. The Labute approximate surface area is 154 Å². The van der Waals surface area contributed by atoms with Crippen LogP contribution in [0.2, 0.25) is 5.02 Å². The fourth-order valence-electron chi connectivity index (χ4n) is 2.61. The number of carbonyl (C=O) groups excluding carboxylic acids is 1. The molecule has 1 aliphatic heterocycles. The molecule has 1 aliphatic rings. The van der Waals surface area contributed by atoms with Crippen LogP contribution in [0, 0.1) is 0 Å². The molecule has 0 saturated heterocycles. The number of oxime groups is 1. The van der Waals surface area contributed by atoms with Gasteiger partial charge >= 0.3 is 0 Å². The van der Waals surface area contributed by atoms with E-state index < -0.39 is 0 Å². The minimum atomic E-state index is -0.280. The zero-order valence-corrected chi connectivity index (χ0v) is 14.3. The average molecular weight is 368 g/mol. The Morgan fingerprint density at radius 3 is 2.81 bits per heavy atom. The SMILES string of the molecule is O=C1Nc2ccccc2/C1=N\OCc1cn(Cc2ccc(Cl)cc2)nn1. The van der Waals surface area contributed by atoms with Crippen LogP contribution in [0.25, 0.3) is 0 Å². The van der Waals surface area contributed by atoms with Gasteiger partial charge in [-0.1, -0.05) is 52.3 Å². The van der Waals surface area contributed by atoms with E-state index in [1.165, 1.54) is 0 Å². The molecule has 0 unspecified atom stereocenters. The summed E-state index contributed by atoms with van der Waals surface area (Å²) in [5.74, 6) is -0.280. The van der Waals surface area contributed by atoms with Crippen LogP contribution in [0.5, 0.6) is 0 Å². The molecule has 8 heteroatoms. The predicted octanol–water partition coefficient (Wildman–Crippen LogP) is 2.85. The van der Waals surface area contributed by atoms with Crippen molar-refractivity contribution in [2.75, 3.05) is 5.32 Å². The molecule has 0 aliphatic carbocycles. The molecule has 1 amide bonds. The molecule has 0 radical (unpaired) electrons. The maximum Gasteiger partial charge on any atom is 0.278 e. The normalized spacial score (nSPS) is 14.3. The van der Waals surface area contributed by atoms with Gasteiger partial charge in [-0.05, 0) is 23.8 Å². The first-order chi connectivity index (χ1) is 12.7. The van der Waals surface area contributed by atoms with E-state index >= 15 is 0 Å². The lowest BCUT2D eigenvalue weighted by atomic mass is 10.1. The molecule has 3 aromatic rings. The highest BCUT2D eigenvalue weighted by Crippen LogP contribution is 2.22. The van der Waals surface area contributed by atoms with Gasteiger partial charge in [0.25, 0.3) is 5.91 Å². The van der Waals surface area contributed by atoms with E-state index in [0.29, 0.717) is 17.3 Å². The van der Waals surface area contributed by atoms with E-state index in [4.69, 9.17) is 16.4 Å². The van der Waals surface area contributed by atoms with Crippen molar-refractivity contribution in [1.29, 1.82) is 0 Å². The van der Waals surface area contributed by atoms with Crippen molar-refractivity contribution in [2.45, 2.75) is 13.2 Å². The molecule has 0 atom stereocenters. The largest absolute Gasteiger partial charge is 0.388 e. The molecular weight excluding hydrogens is 354 g/mol. The molecule has 1 N–H and O–H groups in total. The molecule has 1 aromatic heterocycles. The molecule has 26 heavy (non-hydrogen) atoms. The summed E-state index contributed by atoms with van der Waals surface area (Å²) in [4.78, 5) is 17.2. The van der Waals surface area contributed by atoms with E-state index in [1.54, 1.807) is 10.9 Å². The zero-order valence-electron chi connectivity index (χ0n) is 13.6. The highest BCUT2D eigenvalue weighted by atomic mass is 35.5. The number of rotatable bonds is 5. The fraction of sp³-hybridized carbons (Fsp3) is 0.111. The monoisotopic (exact) mass is 367 g/mol. The number of halogens is 1. The van der Waals surface area contributed by atoms with Gasteiger partial charge in [0.1, 0.15) is 5.69 Å². The first-order valence-corrected chi connectivity index (χ1v) is 8.31. The number of anilines is 1. The third kappa shape index (κ3) is 3.43. The molecular formula is C18H14ClN5O2. The van der Waals surface area contributed by atoms with E-state index in [1.807, 2.05) is 48.5 Å². The van der Waals surface area contributed by atoms with Crippen molar-refractivity contribution in [1.82, 2.24) is 15.0 Å². The Morgan fingerprint density at radius 2 is 1.96 bits per heavy atom. The van der Waals surface area contributed by atoms with E-state index in [-0.39, 0.29) is 18.2 Å². The predicted molar refractivity (Wildman–Crippen MR) is 97.0 cm³/mol. The van der Waals surface area contributed by atoms with Crippen LogP contribution in [-0.2, 0) is 22.8 Å². The van der Waals surface area contributed by atoms with E-state index in [9.17, 15) is 4.79 Å². The average Bonchev–Trinajstić information content (AvgIpc) is 3.21. The van der Waals surface area contributed by atoms with Crippen molar-refractivity contribution in [3.63, 3.8) is 0 Å². The highest BCUT2D eigenvalue weighted by Gasteiger charge is 2.26. The lowest BCUT2D eigenvalue weighted by molar-refractivity contribution is -0.110. The molecule has 4 rings (SSSR count). The van der Waals surface area contributed by atoms with Crippen molar-refractivity contribution >= 4 is 28.9 Å². The second-order valence-electron chi connectivity index (χ2n) is 5.75.